The van der Waals surface area contributed by atoms with E-state index in [0.717, 1.165) is 17.1 Å². The van der Waals surface area contributed by atoms with Gasteiger partial charge in [0.2, 0.25) is 5.75 Å². The highest BCUT2D eigenvalue weighted by Gasteiger charge is 2.18. The zero-order valence-corrected chi connectivity index (χ0v) is 13.4. The maximum Gasteiger partial charge on any atom is 0.312 e. The van der Waals surface area contributed by atoms with Gasteiger partial charge in [0.15, 0.2) is 5.82 Å². The highest BCUT2D eigenvalue weighted by atomic mass is 79.9. The fraction of sp³-hybridized carbons (Fsp3) is 0. The Morgan fingerprint density at radius 2 is 1.95 bits per heavy atom. The van der Waals surface area contributed by atoms with Crippen molar-refractivity contribution < 1.29 is 9.66 Å². The second kappa shape index (κ2) is 6.20. The first-order valence-corrected chi connectivity index (χ1v) is 7.71. The minimum absolute atomic E-state index is 0.129. The van der Waals surface area contributed by atoms with E-state index < -0.39 is 4.92 Å². The van der Waals surface area contributed by atoms with Crippen molar-refractivity contribution in [2.24, 2.45) is 0 Å². The van der Waals surface area contributed by atoms with Gasteiger partial charge in [-0.2, -0.15) is 9.36 Å². The van der Waals surface area contributed by atoms with Crippen LogP contribution in [0, 0.1) is 10.1 Å². The van der Waals surface area contributed by atoms with E-state index in [4.69, 9.17) is 4.74 Å². The molecule has 0 unspecified atom stereocenters. The molecule has 0 bridgehead atoms. The van der Waals surface area contributed by atoms with Crippen molar-refractivity contribution in [2.45, 2.75) is 0 Å². The SMILES string of the molecule is O=[N+]([O-])c1cc(Br)ccc1Oc1nc(-c2ccccc2)ns1. The maximum atomic E-state index is 11.1. The lowest BCUT2D eigenvalue weighted by atomic mass is 10.2. The highest BCUT2D eigenvalue weighted by molar-refractivity contribution is 9.10. The molecule has 0 radical (unpaired) electrons. The summed E-state index contributed by atoms with van der Waals surface area (Å²) in [6.45, 7) is 0. The molecule has 0 spiro atoms. The lowest BCUT2D eigenvalue weighted by Gasteiger charge is -2.02. The minimum Gasteiger partial charge on any atom is -0.422 e. The van der Waals surface area contributed by atoms with Gasteiger partial charge in [0.25, 0.3) is 5.19 Å². The molecule has 3 rings (SSSR count). The molecule has 0 atom stereocenters. The van der Waals surface area contributed by atoms with Crippen LogP contribution in [-0.2, 0) is 0 Å². The van der Waals surface area contributed by atoms with Gasteiger partial charge in [0.1, 0.15) is 0 Å². The van der Waals surface area contributed by atoms with Crippen LogP contribution in [0.5, 0.6) is 10.9 Å². The van der Waals surface area contributed by atoms with Gasteiger partial charge in [0.05, 0.1) is 4.92 Å². The van der Waals surface area contributed by atoms with E-state index in [-0.39, 0.29) is 16.6 Å². The largest absolute Gasteiger partial charge is 0.422 e. The molecule has 1 heterocycles. The summed E-state index contributed by atoms with van der Waals surface area (Å²) in [5.41, 5.74) is 0.727. The fourth-order valence-corrected chi connectivity index (χ4v) is 2.68. The van der Waals surface area contributed by atoms with Crippen LogP contribution in [-0.4, -0.2) is 14.3 Å². The maximum absolute atomic E-state index is 11.1. The van der Waals surface area contributed by atoms with E-state index in [1.54, 1.807) is 6.07 Å². The van der Waals surface area contributed by atoms with Crippen molar-refractivity contribution in [1.29, 1.82) is 0 Å². The zero-order chi connectivity index (χ0) is 15.5. The van der Waals surface area contributed by atoms with Gasteiger partial charge in [-0.1, -0.05) is 46.3 Å². The molecule has 3 aromatic rings. The van der Waals surface area contributed by atoms with Crippen LogP contribution >= 0.6 is 27.5 Å². The summed E-state index contributed by atoms with van der Waals surface area (Å²) in [6.07, 6.45) is 0. The van der Waals surface area contributed by atoms with Crippen molar-refractivity contribution in [3.63, 3.8) is 0 Å². The normalized spacial score (nSPS) is 10.4. The zero-order valence-electron chi connectivity index (χ0n) is 11.0. The fourth-order valence-electron chi connectivity index (χ4n) is 1.77. The standard InChI is InChI=1S/C14H8BrN3O3S/c15-10-6-7-12(11(8-10)18(19)20)21-14-16-13(17-22-14)9-4-2-1-3-5-9/h1-8H. The van der Waals surface area contributed by atoms with Gasteiger partial charge in [0, 0.05) is 27.6 Å². The number of aromatic nitrogens is 2. The predicted octanol–water partition coefficient (Wildman–Crippen LogP) is 4.67. The van der Waals surface area contributed by atoms with Crippen LogP contribution in [0.3, 0.4) is 0 Å². The molecule has 0 saturated carbocycles. The van der Waals surface area contributed by atoms with Crippen LogP contribution in [0.25, 0.3) is 11.4 Å². The second-order valence-corrected chi connectivity index (χ2v) is 5.85. The van der Waals surface area contributed by atoms with Crippen molar-refractivity contribution in [1.82, 2.24) is 9.36 Å². The molecular formula is C14H8BrN3O3S. The lowest BCUT2D eigenvalue weighted by molar-refractivity contribution is -0.385. The molecule has 8 heteroatoms. The number of halogens is 1. The Morgan fingerprint density at radius 3 is 2.68 bits per heavy atom. The van der Waals surface area contributed by atoms with Gasteiger partial charge < -0.3 is 4.74 Å². The van der Waals surface area contributed by atoms with Gasteiger partial charge in [-0.05, 0) is 12.1 Å². The van der Waals surface area contributed by atoms with Gasteiger partial charge in [-0.3, -0.25) is 10.1 Å². The molecule has 1 aromatic heterocycles. The van der Waals surface area contributed by atoms with Crippen LogP contribution in [0.1, 0.15) is 0 Å². The summed E-state index contributed by atoms with van der Waals surface area (Å²) in [7, 11) is 0. The van der Waals surface area contributed by atoms with E-state index in [0.29, 0.717) is 10.3 Å². The number of ether oxygens (including phenoxy) is 1. The Bertz CT molecular complexity index is 823. The Morgan fingerprint density at radius 1 is 1.18 bits per heavy atom. The third-order valence-corrected chi connectivity index (χ3v) is 3.84. The summed E-state index contributed by atoms with van der Waals surface area (Å²) in [6, 6.07) is 14.0. The van der Waals surface area contributed by atoms with Crippen molar-refractivity contribution in [3.05, 3.63) is 63.1 Å². The van der Waals surface area contributed by atoms with Crippen LogP contribution in [0.2, 0.25) is 0 Å². The molecule has 0 aliphatic rings. The second-order valence-electron chi connectivity index (χ2n) is 4.22. The summed E-state index contributed by atoms with van der Waals surface area (Å²) >= 11 is 4.25. The van der Waals surface area contributed by atoms with E-state index in [9.17, 15) is 10.1 Å². The number of nitro groups is 1. The van der Waals surface area contributed by atoms with Crippen molar-refractivity contribution >= 4 is 33.1 Å². The summed E-state index contributed by atoms with van der Waals surface area (Å²) in [5, 5.41) is 11.3. The summed E-state index contributed by atoms with van der Waals surface area (Å²) in [5.74, 6) is 0.657. The molecule has 22 heavy (non-hydrogen) atoms. The van der Waals surface area contributed by atoms with Gasteiger partial charge in [-0.15, -0.1) is 0 Å². The average Bonchev–Trinajstić information content (AvgIpc) is 2.98. The molecule has 0 N–H and O–H groups in total. The van der Waals surface area contributed by atoms with Crippen molar-refractivity contribution in [2.75, 3.05) is 0 Å². The van der Waals surface area contributed by atoms with Gasteiger partial charge >= 0.3 is 5.69 Å². The van der Waals surface area contributed by atoms with E-state index in [1.807, 2.05) is 30.3 Å². The Hall–Kier alpha value is -2.32. The number of rotatable bonds is 4. The quantitative estimate of drug-likeness (QED) is 0.487. The van der Waals surface area contributed by atoms with Crippen LogP contribution < -0.4 is 4.74 Å². The third-order valence-electron chi connectivity index (χ3n) is 2.75. The third kappa shape index (κ3) is 3.12. The first kappa shape index (κ1) is 14.6. The Labute approximate surface area is 137 Å². The molecule has 110 valence electrons. The molecule has 0 aliphatic heterocycles. The van der Waals surface area contributed by atoms with Crippen LogP contribution in [0.4, 0.5) is 5.69 Å². The number of nitrogens with zero attached hydrogens (tertiary/aromatic N) is 3. The van der Waals surface area contributed by atoms with Crippen molar-refractivity contribution in [3.8, 4) is 22.3 Å². The van der Waals surface area contributed by atoms with Gasteiger partial charge in [-0.25, -0.2) is 0 Å². The molecule has 0 fully saturated rings. The summed E-state index contributed by atoms with van der Waals surface area (Å²) < 4.78 is 10.3. The molecule has 6 nitrogen and oxygen atoms in total. The molecular weight excluding hydrogens is 370 g/mol. The predicted molar refractivity (Wildman–Crippen MR) is 86.2 cm³/mol. The first-order valence-electron chi connectivity index (χ1n) is 6.14. The molecule has 0 saturated heterocycles. The molecule has 0 aliphatic carbocycles. The Balaban J connectivity index is 1.89. The lowest BCUT2D eigenvalue weighted by Crippen LogP contribution is -1.93. The molecule has 0 amide bonds. The number of nitro benzene ring substituents is 1. The molecule has 2 aromatic carbocycles. The van der Waals surface area contributed by atoms with E-state index >= 15 is 0 Å². The van der Waals surface area contributed by atoms with E-state index in [2.05, 4.69) is 25.3 Å². The number of benzene rings is 2. The average molecular weight is 378 g/mol. The number of hydrogen-bond donors (Lipinski definition) is 0. The monoisotopic (exact) mass is 377 g/mol. The smallest absolute Gasteiger partial charge is 0.312 e. The highest BCUT2D eigenvalue weighted by Crippen LogP contribution is 2.35. The Kier molecular flexibility index (Phi) is 4.12. The van der Waals surface area contributed by atoms with E-state index in [1.165, 1.54) is 12.1 Å². The summed E-state index contributed by atoms with van der Waals surface area (Å²) in [4.78, 5) is 14.8. The van der Waals surface area contributed by atoms with Crippen LogP contribution in [0.15, 0.2) is 53.0 Å². The number of hydrogen-bond acceptors (Lipinski definition) is 6. The topological polar surface area (TPSA) is 78.2 Å². The first-order chi connectivity index (χ1) is 10.6. The minimum atomic E-state index is -0.501.